The zero-order valence-electron chi connectivity index (χ0n) is 12.0. The van der Waals surface area contributed by atoms with Crippen LogP contribution in [-0.4, -0.2) is 38.4 Å². The highest BCUT2D eigenvalue weighted by Crippen LogP contribution is 2.34. The van der Waals surface area contributed by atoms with Crippen molar-refractivity contribution in [2.45, 2.75) is 36.6 Å². The summed E-state index contributed by atoms with van der Waals surface area (Å²) in [6, 6.07) is 6.77. The molecule has 0 atom stereocenters. The lowest BCUT2D eigenvalue weighted by molar-refractivity contribution is 0.283. The summed E-state index contributed by atoms with van der Waals surface area (Å²) in [6.45, 7) is 2.61. The molecule has 1 aromatic rings. The Labute approximate surface area is 131 Å². The second-order valence-electron chi connectivity index (χ2n) is 5.96. The van der Waals surface area contributed by atoms with Crippen LogP contribution in [0.1, 0.15) is 25.7 Å². The van der Waals surface area contributed by atoms with E-state index < -0.39 is 10.0 Å². The van der Waals surface area contributed by atoms with Crippen LogP contribution in [0.4, 0.5) is 0 Å². The maximum atomic E-state index is 12.9. The first-order valence-electron chi connectivity index (χ1n) is 7.55. The Morgan fingerprint density at radius 2 is 1.90 bits per heavy atom. The molecule has 2 aliphatic rings. The summed E-state index contributed by atoms with van der Waals surface area (Å²) in [5, 5.41) is 3.79. The number of hydrogen-bond acceptors (Lipinski definition) is 3. The molecule has 0 radical (unpaired) electrons. The SMILES string of the molecule is O=S(=O)(c1cccc(Cl)c1)N(CC1CCNCC1)C1CC1. The van der Waals surface area contributed by atoms with Crippen molar-refractivity contribution in [2.75, 3.05) is 19.6 Å². The molecule has 6 heteroatoms. The number of benzene rings is 1. The molecule has 1 saturated heterocycles. The third-order valence-electron chi connectivity index (χ3n) is 4.25. The van der Waals surface area contributed by atoms with Gasteiger partial charge in [-0.15, -0.1) is 0 Å². The number of nitrogens with zero attached hydrogens (tertiary/aromatic N) is 1. The van der Waals surface area contributed by atoms with Crippen LogP contribution in [0, 0.1) is 5.92 Å². The predicted molar refractivity (Wildman–Crippen MR) is 84.0 cm³/mol. The smallest absolute Gasteiger partial charge is 0.243 e. The summed E-state index contributed by atoms with van der Waals surface area (Å²) in [4.78, 5) is 0.316. The summed E-state index contributed by atoms with van der Waals surface area (Å²) >= 11 is 5.95. The molecule has 1 aromatic carbocycles. The van der Waals surface area contributed by atoms with Crippen molar-refractivity contribution in [3.05, 3.63) is 29.3 Å². The maximum absolute atomic E-state index is 12.9. The van der Waals surface area contributed by atoms with Crippen molar-refractivity contribution in [1.82, 2.24) is 9.62 Å². The Balaban J connectivity index is 1.82. The van der Waals surface area contributed by atoms with Crippen molar-refractivity contribution in [3.63, 3.8) is 0 Å². The van der Waals surface area contributed by atoms with E-state index in [9.17, 15) is 8.42 Å². The molecular formula is C15H21ClN2O2S. The van der Waals surface area contributed by atoms with E-state index in [4.69, 9.17) is 11.6 Å². The number of sulfonamides is 1. The van der Waals surface area contributed by atoms with Crippen LogP contribution in [0.25, 0.3) is 0 Å². The van der Waals surface area contributed by atoms with E-state index in [1.165, 1.54) is 0 Å². The summed E-state index contributed by atoms with van der Waals surface area (Å²) in [5.74, 6) is 0.459. The molecule has 2 fully saturated rings. The summed E-state index contributed by atoms with van der Waals surface area (Å²) in [5.41, 5.74) is 0. The second kappa shape index (κ2) is 6.24. The molecule has 0 spiro atoms. The zero-order valence-corrected chi connectivity index (χ0v) is 13.5. The van der Waals surface area contributed by atoms with Gasteiger partial charge in [0.25, 0.3) is 0 Å². The molecule has 0 aromatic heterocycles. The van der Waals surface area contributed by atoms with E-state index in [1.54, 1.807) is 28.6 Å². The van der Waals surface area contributed by atoms with E-state index in [1.807, 2.05) is 0 Å². The Hall–Kier alpha value is -0.620. The van der Waals surface area contributed by atoms with Gasteiger partial charge in [-0.05, 0) is 62.9 Å². The van der Waals surface area contributed by atoms with Crippen LogP contribution in [0.5, 0.6) is 0 Å². The monoisotopic (exact) mass is 328 g/mol. The number of rotatable bonds is 5. The third-order valence-corrected chi connectivity index (χ3v) is 6.40. The molecule has 1 saturated carbocycles. The average molecular weight is 329 g/mol. The van der Waals surface area contributed by atoms with Crippen LogP contribution in [-0.2, 0) is 10.0 Å². The van der Waals surface area contributed by atoms with Gasteiger partial charge in [0.1, 0.15) is 0 Å². The normalized spacial score (nSPS) is 20.9. The standard InChI is InChI=1S/C15H21ClN2O2S/c16-13-2-1-3-15(10-13)21(19,20)18(14-4-5-14)11-12-6-8-17-9-7-12/h1-3,10,12,14,17H,4-9,11H2. The highest BCUT2D eigenvalue weighted by atomic mass is 35.5. The van der Waals surface area contributed by atoms with Gasteiger partial charge in [-0.25, -0.2) is 8.42 Å². The summed E-state index contributed by atoms with van der Waals surface area (Å²) < 4.78 is 27.5. The molecule has 21 heavy (non-hydrogen) atoms. The molecule has 1 aliphatic carbocycles. The average Bonchev–Trinajstić information content (AvgIpc) is 3.30. The Morgan fingerprint density at radius 3 is 2.52 bits per heavy atom. The lowest BCUT2D eigenvalue weighted by Crippen LogP contribution is -2.40. The van der Waals surface area contributed by atoms with Gasteiger partial charge in [0.05, 0.1) is 4.90 Å². The predicted octanol–water partition coefficient (Wildman–Crippen LogP) is 2.49. The molecular weight excluding hydrogens is 308 g/mol. The second-order valence-corrected chi connectivity index (χ2v) is 8.28. The molecule has 3 rings (SSSR count). The molecule has 1 heterocycles. The fraction of sp³-hybridized carbons (Fsp3) is 0.600. The van der Waals surface area contributed by atoms with Crippen molar-refractivity contribution < 1.29 is 8.42 Å². The van der Waals surface area contributed by atoms with Gasteiger partial charge in [-0.2, -0.15) is 4.31 Å². The van der Waals surface area contributed by atoms with Gasteiger partial charge >= 0.3 is 0 Å². The van der Waals surface area contributed by atoms with Crippen molar-refractivity contribution in [1.29, 1.82) is 0 Å². The first-order valence-corrected chi connectivity index (χ1v) is 9.37. The maximum Gasteiger partial charge on any atom is 0.243 e. The quantitative estimate of drug-likeness (QED) is 0.903. The van der Waals surface area contributed by atoms with Crippen molar-refractivity contribution in [3.8, 4) is 0 Å². The third kappa shape index (κ3) is 3.59. The van der Waals surface area contributed by atoms with E-state index >= 15 is 0 Å². The Kier molecular flexibility index (Phi) is 4.54. The van der Waals surface area contributed by atoms with Gasteiger partial charge in [0.15, 0.2) is 0 Å². The lowest BCUT2D eigenvalue weighted by atomic mass is 9.98. The van der Waals surface area contributed by atoms with Gasteiger partial charge in [-0.1, -0.05) is 17.7 Å². The highest BCUT2D eigenvalue weighted by Gasteiger charge is 2.39. The summed E-state index contributed by atoms with van der Waals surface area (Å²) in [6.07, 6.45) is 4.05. The Bertz CT molecular complexity index is 595. The minimum absolute atomic E-state index is 0.184. The number of piperidine rings is 1. The van der Waals surface area contributed by atoms with Crippen molar-refractivity contribution >= 4 is 21.6 Å². The summed E-state index contributed by atoms with van der Waals surface area (Å²) in [7, 11) is -3.43. The topological polar surface area (TPSA) is 49.4 Å². The fourth-order valence-electron chi connectivity index (χ4n) is 2.89. The van der Waals surface area contributed by atoms with Gasteiger partial charge in [0.2, 0.25) is 10.0 Å². The first-order chi connectivity index (χ1) is 10.1. The van der Waals surface area contributed by atoms with Crippen LogP contribution in [0.15, 0.2) is 29.2 Å². The van der Waals surface area contributed by atoms with Crippen molar-refractivity contribution in [2.24, 2.45) is 5.92 Å². The molecule has 0 bridgehead atoms. The van der Waals surface area contributed by atoms with Crippen LogP contribution in [0.2, 0.25) is 5.02 Å². The highest BCUT2D eigenvalue weighted by molar-refractivity contribution is 7.89. The molecule has 0 amide bonds. The van der Waals surface area contributed by atoms with E-state index in [0.29, 0.717) is 22.4 Å². The zero-order chi connectivity index (χ0) is 14.9. The van der Waals surface area contributed by atoms with Gasteiger partial charge < -0.3 is 5.32 Å². The first kappa shape index (κ1) is 15.3. The molecule has 1 aliphatic heterocycles. The number of halogens is 1. The Morgan fingerprint density at radius 1 is 1.19 bits per heavy atom. The molecule has 4 nitrogen and oxygen atoms in total. The van der Waals surface area contributed by atoms with Crippen LogP contribution < -0.4 is 5.32 Å². The van der Waals surface area contributed by atoms with Gasteiger partial charge in [-0.3, -0.25) is 0 Å². The minimum atomic E-state index is -3.43. The molecule has 0 unspecified atom stereocenters. The molecule has 116 valence electrons. The number of nitrogens with one attached hydrogen (secondary N) is 1. The minimum Gasteiger partial charge on any atom is -0.317 e. The lowest BCUT2D eigenvalue weighted by Gasteiger charge is -2.29. The van der Waals surface area contributed by atoms with Gasteiger partial charge in [0, 0.05) is 17.6 Å². The molecule has 1 N–H and O–H groups in total. The fourth-order valence-corrected chi connectivity index (χ4v) is 4.95. The van der Waals surface area contributed by atoms with Crippen LogP contribution in [0.3, 0.4) is 0 Å². The van der Waals surface area contributed by atoms with Crippen LogP contribution >= 0.6 is 11.6 Å². The van der Waals surface area contributed by atoms with E-state index in [2.05, 4.69) is 5.32 Å². The number of hydrogen-bond donors (Lipinski definition) is 1. The van der Waals surface area contributed by atoms with E-state index in [-0.39, 0.29) is 6.04 Å². The van der Waals surface area contributed by atoms with E-state index in [0.717, 1.165) is 38.8 Å². The largest absolute Gasteiger partial charge is 0.317 e.